The summed E-state index contributed by atoms with van der Waals surface area (Å²) < 4.78 is 10.8. The van der Waals surface area contributed by atoms with Crippen LogP contribution < -0.4 is 10.1 Å². The van der Waals surface area contributed by atoms with E-state index in [0.717, 1.165) is 24.4 Å². The third-order valence-corrected chi connectivity index (χ3v) is 4.09. The molecule has 3 nitrogen and oxygen atoms in total. The van der Waals surface area contributed by atoms with Crippen molar-refractivity contribution in [3.63, 3.8) is 0 Å². The lowest BCUT2D eigenvalue weighted by Crippen LogP contribution is -2.27. The molecule has 1 heterocycles. The lowest BCUT2D eigenvalue weighted by molar-refractivity contribution is 0.364. The SMILES string of the molecule is COc1ccc2c(c1)C(N[C@@H](C)c1ccco1)CCC2. The highest BCUT2D eigenvalue weighted by molar-refractivity contribution is 5.39. The number of methoxy groups -OCH3 is 1. The Labute approximate surface area is 119 Å². The van der Waals surface area contributed by atoms with Crippen molar-refractivity contribution in [2.24, 2.45) is 0 Å². The van der Waals surface area contributed by atoms with Crippen LogP contribution in [-0.4, -0.2) is 7.11 Å². The van der Waals surface area contributed by atoms with Gasteiger partial charge in [0, 0.05) is 6.04 Å². The zero-order valence-electron chi connectivity index (χ0n) is 12.1. The van der Waals surface area contributed by atoms with E-state index in [-0.39, 0.29) is 6.04 Å². The van der Waals surface area contributed by atoms with E-state index in [2.05, 4.69) is 30.4 Å². The number of furan rings is 1. The Bertz CT molecular complexity index is 562. The van der Waals surface area contributed by atoms with Crippen molar-refractivity contribution in [3.8, 4) is 5.75 Å². The van der Waals surface area contributed by atoms with Crippen molar-refractivity contribution in [2.45, 2.75) is 38.3 Å². The first-order valence-corrected chi connectivity index (χ1v) is 7.24. The monoisotopic (exact) mass is 271 g/mol. The second kappa shape index (κ2) is 5.71. The van der Waals surface area contributed by atoms with Gasteiger partial charge in [0.2, 0.25) is 0 Å². The first kappa shape index (κ1) is 13.3. The van der Waals surface area contributed by atoms with Crippen molar-refractivity contribution >= 4 is 0 Å². The summed E-state index contributed by atoms with van der Waals surface area (Å²) in [6.45, 7) is 2.15. The van der Waals surface area contributed by atoms with Crippen LogP contribution >= 0.6 is 0 Å². The molecule has 0 fully saturated rings. The van der Waals surface area contributed by atoms with E-state index in [9.17, 15) is 0 Å². The van der Waals surface area contributed by atoms with Gasteiger partial charge >= 0.3 is 0 Å². The van der Waals surface area contributed by atoms with Gasteiger partial charge in [-0.15, -0.1) is 0 Å². The average molecular weight is 271 g/mol. The van der Waals surface area contributed by atoms with Crippen molar-refractivity contribution < 1.29 is 9.15 Å². The van der Waals surface area contributed by atoms with Crippen LogP contribution in [0.4, 0.5) is 0 Å². The minimum atomic E-state index is 0.215. The quantitative estimate of drug-likeness (QED) is 0.912. The summed E-state index contributed by atoms with van der Waals surface area (Å²) in [6, 6.07) is 11.0. The Morgan fingerprint density at radius 3 is 3.00 bits per heavy atom. The molecule has 3 heteroatoms. The van der Waals surface area contributed by atoms with E-state index in [1.54, 1.807) is 13.4 Å². The molecule has 106 valence electrons. The van der Waals surface area contributed by atoms with Crippen LogP contribution in [0.2, 0.25) is 0 Å². The van der Waals surface area contributed by atoms with E-state index in [1.165, 1.54) is 17.5 Å². The lowest BCUT2D eigenvalue weighted by Gasteiger charge is -2.29. The fourth-order valence-electron chi connectivity index (χ4n) is 3.00. The zero-order valence-corrected chi connectivity index (χ0v) is 12.1. The topological polar surface area (TPSA) is 34.4 Å². The number of rotatable bonds is 4. The summed E-state index contributed by atoms with van der Waals surface area (Å²) in [7, 11) is 1.72. The third kappa shape index (κ3) is 2.59. The summed E-state index contributed by atoms with van der Waals surface area (Å²) >= 11 is 0. The number of fused-ring (bicyclic) bond motifs is 1. The molecule has 0 saturated carbocycles. The fraction of sp³-hybridized carbons (Fsp3) is 0.412. The van der Waals surface area contributed by atoms with Crippen LogP contribution in [0.15, 0.2) is 41.0 Å². The fourth-order valence-corrected chi connectivity index (χ4v) is 3.00. The Morgan fingerprint density at radius 2 is 2.25 bits per heavy atom. The minimum Gasteiger partial charge on any atom is -0.497 e. The van der Waals surface area contributed by atoms with Crippen molar-refractivity contribution in [1.82, 2.24) is 5.32 Å². The predicted molar refractivity (Wildman–Crippen MR) is 78.9 cm³/mol. The average Bonchev–Trinajstić information content (AvgIpc) is 3.01. The maximum Gasteiger partial charge on any atom is 0.120 e. The molecule has 0 bridgehead atoms. The number of hydrogen-bond donors (Lipinski definition) is 1. The molecule has 1 aromatic heterocycles. The molecule has 3 rings (SSSR count). The van der Waals surface area contributed by atoms with Crippen LogP contribution in [0.1, 0.15) is 48.7 Å². The number of hydrogen-bond acceptors (Lipinski definition) is 3. The summed E-state index contributed by atoms with van der Waals surface area (Å²) in [5.74, 6) is 1.92. The molecule has 0 aliphatic heterocycles. The molecule has 2 atom stereocenters. The van der Waals surface area contributed by atoms with Gasteiger partial charge in [-0.25, -0.2) is 0 Å². The Hall–Kier alpha value is -1.74. The van der Waals surface area contributed by atoms with Crippen molar-refractivity contribution in [1.29, 1.82) is 0 Å². The molecular weight excluding hydrogens is 250 g/mol. The summed E-state index contributed by atoms with van der Waals surface area (Å²) in [5.41, 5.74) is 2.80. The van der Waals surface area contributed by atoms with E-state index in [0.29, 0.717) is 6.04 Å². The van der Waals surface area contributed by atoms with Gasteiger partial charge in [0.15, 0.2) is 0 Å². The van der Waals surface area contributed by atoms with Gasteiger partial charge < -0.3 is 14.5 Å². The molecule has 1 N–H and O–H groups in total. The van der Waals surface area contributed by atoms with Crippen LogP contribution in [0.25, 0.3) is 0 Å². The largest absolute Gasteiger partial charge is 0.497 e. The summed E-state index contributed by atoms with van der Waals surface area (Å²) in [5, 5.41) is 3.68. The summed E-state index contributed by atoms with van der Waals surface area (Å²) in [4.78, 5) is 0. The Morgan fingerprint density at radius 1 is 1.35 bits per heavy atom. The molecule has 1 unspecified atom stereocenters. The van der Waals surface area contributed by atoms with Gasteiger partial charge in [-0.1, -0.05) is 6.07 Å². The van der Waals surface area contributed by atoms with E-state index >= 15 is 0 Å². The van der Waals surface area contributed by atoms with Gasteiger partial charge in [-0.05, 0) is 61.6 Å². The highest BCUT2D eigenvalue weighted by Crippen LogP contribution is 2.34. The van der Waals surface area contributed by atoms with E-state index in [4.69, 9.17) is 9.15 Å². The second-order valence-corrected chi connectivity index (χ2v) is 5.41. The van der Waals surface area contributed by atoms with Crippen molar-refractivity contribution in [2.75, 3.05) is 7.11 Å². The molecular formula is C17H21NO2. The molecule has 0 amide bonds. The molecule has 1 aromatic carbocycles. The molecule has 1 aliphatic rings. The normalized spacial score (nSPS) is 19.4. The molecule has 0 saturated heterocycles. The van der Waals surface area contributed by atoms with Gasteiger partial charge in [-0.2, -0.15) is 0 Å². The molecule has 20 heavy (non-hydrogen) atoms. The highest BCUT2D eigenvalue weighted by Gasteiger charge is 2.23. The minimum absolute atomic E-state index is 0.215. The molecule has 0 radical (unpaired) electrons. The number of benzene rings is 1. The Kier molecular flexibility index (Phi) is 3.79. The van der Waals surface area contributed by atoms with E-state index in [1.807, 2.05) is 12.1 Å². The van der Waals surface area contributed by atoms with Gasteiger partial charge in [0.1, 0.15) is 11.5 Å². The maximum atomic E-state index is 5.48. The standard InChI is InChI=1S/C17H21NO2/c1-12(17-7-4-10-20-17)18-16-6-3-5-13-8-9-14(19-2)11-15(13)16/h4,7-12,16,18H,3,5-6H2,1-2H3/t12-,16?/m0/s1. The first-order chi connectivity index (χ1) is 9.78. The van der Waals surface area contributed by atoms with Gasteiger partial charge in [0.25, 0.3) is 0 Å². The zero-order chi connectivity index (χ0) is 13.9. The van der Waals surface area contributed by atoms with Crippen molar-refractivity contribution in [3.05, 3.63) is 53.5 Å². The third-order valence-electron chi connectivity index (χ3n) is 4.09. The highest BCUT2D eigenvalue weighted by atomic mass is 16.5. The lowest BCUT2D eigenvalue weighted by atomic mass is 9.87. The predicted octanol–water partition coefficient (Wildman–Crippen LogP) is 4.02. The molecule has 2 aromatic rings. The van der Waals surface area contributed by atoms with Crippen LogP contribution in [0.5, 0.6) is 5.75 Å². The van der Waals surface area contributed by atoms with Crippen LogP contribution in [0, 0.1) is 0 Å². The summed E-state index contributed by atoms with van der Waals surface area (Å²) in [6.07, 6.45) is 5.27. The van der Waals surface area contributed by atoms with Crippen LogP contribution in [0.3, 0.4) is 0 Å². The number of aryl methyl sites for hydroxylation is 1. The second-order valence-electron chi connectivity index (χ2n) is 5.41. The Balaban J connectivity index is 1.82. The molecule has 0 spiro atoms. The smallest absolute Gasteiger partial charge is 0.120 e. The van der Waals surface area contributed by atoms with E-state index < -0.39 is 0 Å². The number of nitrogens with one attached hydrogen (secondary N) is 1. The van der Waals surface area contributed by atoms with Gasteiger partial charge in [-0.3, -0.25) is 0 Å². The first-order valence-electron chi connectivity index (χ1n) is 7.24. The molecule has 1 aliphatic carbocycles. The van der Waals surface area contributed by atoms with Crippen LogP contribution in [-0.2, 0) is 6.42 Å². The number of ether oxygens (including phenoxy) is 1. The van der Waals surface area contributed by atoms with Gasteiger partial charge in [0.05, 0.1) is 19.4 Å². The maximum absolute atomic E-state index is 5.48.